The Morgan fingerprint density at radius 2 is 1.79 bits per heavy atom. The molecule has 0 bridgehead atoms. The van der Waals surface area contributed by atoms with Crippen molar-refractivity contribution < 1.29 is 9.53 Å². The highest BCUT2D eigenvalue weighted by Gasteiger charge is 2.58. The Morgan fingerprint density at radius 3 is 2.46 bits per heavy atom. The first-order valence-electron chi connectivity index (χ1n) is 10.4. The molecule has 1 saturated heterocycles. The molecule has 148 valence electrons. The number of nitrogens with one attached hydrogen (secondary N) is 1. The predicted octanol–water partition coefficient (Wildman–Crippen LogP) is 3.66. The van der Waals surface area contributed by atoms with Crippen LogP contribution >= 0.6 is 0 Å². The number of nitrogens with zero attached hydrogens (tertiary/aromatic N) is 1. The fourth-order valence-electron chi connectivity index (χ4n) is 4.52. The second-order valence-corrected chi connectivity index (χ2v) is 8.21. The summed E-state index contributed by atoms with van der Waals surface area (Å²) in [6.07, 6.45) is 4.22. The SMILES string of the molecule is COc1ccc(CCN(Cc2ccccc2)C(=O)C2CC23CCNCC3)cc1. The minimum atomic E-state index is 0.217. The Labute approximate surface area is 167 Å². The van der Waals surface area contributed by atoms with E-state index in [1.807, 2.05) is 30.3 Å². The minimum absolute atomic E-state index is 0.217. The molecule has 0 aromatic heterocycles. The van der Waals surface area contributed by atoms with Gasteiger partial charge in [0, 0.05) is 19.0 Å². The molecule has 4 heteroatoms. The van der Waals surface area contributed by atoms with Gasteiger partial charge in [-0.25, -0.2) is 0 Å². The molecular weight excluding hydrogens is 348 g/mol. The summed E-state index contributed by atoms with van der Waals surface area (Å²) in [6, 6.07) is 18.5. The smallest absolute Gasteiger partial charge is 0.226 e. The van der Waals surface area contributed by atoms with E-state index in [4.69, 9.17) is 4.74 Å². The molecule has 1 aliphatic carbocycles. The molecule has 4 nitrogen and oxygen atoms in total. The standard InChI is InChI=1S/C24H30N2O2/c1-28-21-9-7-19(8-10-21)11-16-26(18-20-5-3-2-4-6-20)23(27)22-17-24(22)12-14-25-15-13-24/h2-10,22,25H,11-18H2,1H3. The van der Waals surface area contributed by atoms with Crippen LogP contribution in [0.4, 0.5) is 0 Å². The quantitative estimate of drug-likeness (QED) is 0.800. The number of methoxy groups -OCH3 is 1. The van der Waals surface area contributed by atoms with Gasteiger partial charge in [0.05, 0.1) is 7.11 Å². The van der Waals surface area contributed by atoms with E-state index < -0.39 is 0 Å². The number of carbonyl (C=O) groups excluding carboxylic acids is 1. The Kier molecular flexibility index (Phi) is 5.67. The van der Waals surface area contributed by atoms with E-state index in [-0.39, 0.29) is 11.3 Å². The Bertz CT molecular complexity index is 782. The zero-order valence-electron chi connectivity index (χ0n) is 16.7. The molecule has 28 heavy (non-hydrogen) atoms. The van der Waals surface area contributed by atoms with Crippen molar-refractivity contribution in [1.82, 2.24) is 10.2 Å². The lowest BCUT2D eigenvalue weighted by Gasteiger charge is -2.27. The van der Waals surface area contributed by atoms with Crippen molar-refractivity contribution in [3.8, 4) is 5.75 Å². The van der Waals surface area contributed by atoms with Crippen molar-refractivity contribution in [2.24, 2.45) is 11.3 Å². The highest BCUT2D eigenvalue weighted by molar-refractivity contribution is 5.82. The summed E-state index contributed by atoms with van der Waals surface area (Å²) in [5, 5.41) is 3.43. The van der Waals surface area contributed by atoms with Gasteiger partial charge in [-0.15, -0.1) is 0 Å². The molecule has 0 radical (unpaired) electrons. The van der Waals surface area contributed by atoms with Crippen LogP contribution in [0.2, 0.25) is 0 Å². The van der Waals surface area contributed by atoms with E-state index in [1.165, 1.54) is 11.1 Å². The molecule has 1 aliphatic heterocycles. The van der Waals surface area contributed by atoms with Gasteiger partial charge >= 0.3 is 0 Å². The van der Waals surface area contributed by atoms with Crippen molar-refractivity contribution >= 4 is 5.91 Å². The lowest BCUT2D eigenvalue weighted by molar-refractivity contribution is -0.134. The molecule has 2 aliphatic rings. The van der Waals surface area contributed by atoms with Gasteiger partial charge in [-0.2, -0.15) is 0 Å². The van der Waals surface area contributed by atoms with Gasteiger partial charge in [0.15, 0.2) is 0 Å². The zero-order valence-corrected chi connectivity index (χ0v) is 16.7. The number of rotatable bonds is 7. The van der Waals surface area contributed by atoms with E-state index in [9.17, 15) is 4.79 Å². The first kappa shape index (κ1) is 19.0. The predicted molar refractivity (Wildman–Crippen MR) is 111 cm³/mol. The Balaban J connectivity index is 1.44. The summed E-state index contributed by atoms with van der Waals surface area (Å²) in [5.41, 5.74) is 2.71. The lowest BCUT2D eigenvalue weighted by atomic mass is 9.91. The van der Waals surface area contributed by atoms with Gasteiger partial charge < -0.3 is 15.0 Å². The monoisotopic (exact) mass is 378 g/mol. The highest BCUT2D eigenvalue weighted by atomic mass is 16.5. The van der Waals surface area contributed by atoms with Crippen molar-refractivity contribution in [3.63, 3.8) is 0 Å². The summed E-state index contributed by atoms with van der Waals surface area (Å²) >= 11 is 0. The fraction of sp³-hybridized carbons (Fsp3) is 0.458. The molecule has 1 N–H and O–H groups in total. The third kappa shape index (κ3) is 4.22. The number of hydrogen-bond donors (Lipinski definition) is 1. The number of hydrogen-bond acceptors (Lipinski definition) is 3. The third-order valence-corrected chi connectivity index (χ3v) is 6.44. The van der Waals surface area contributed by atoms with Crippen LogP contribution < -0.4 is 10.1 Å². The van der Waals surface area contributed by atoms with Gasteiger partial charge in [0.25, 0.3) is 0 Å². The Hall–Kier alpha value is -2.33. The molecule has 2 aromatic rings. The second-order valence-electron chi connectivity index (χ2n) is 8.21. The van der Waals surface area contributed by atoms with Crippen LogP contribution in [-0.2, 0) is 17.8 Å². The maximum Gasteiger partial charge on any atom is 0.226 e. The van der Waals surface area contributed by atoms with Crippen molar-refractivity contribution in [3.05, 3.63) is 65.7 Å². The van der Waals surface area contributed by atoms with E-state index >= 15 is 0 Å². The minimum Gasteiger partial charge on any atom is -0.497 e. The molecule has 1 atom stereocenters. The van der Waals surface area contributed by atoms with E-state index in [2.05, 4.69) is 34.5 Å². The van der Waals surface area contributed by atoms with Gasteiger partial charge in [0.2, 0.25) is 5.91 Å². The van der Waals surface area contributed by atoms with Crippen molar-refractivity contribution in [2.75, 3.05) is 26.7 Å². The van der Waals surface area contributed by atoms with Crippen LogP contribution in [0.1, 0.15) is 30.4 Å². The highest BCUT2D eigenvalue weighted by Crippen LogP contribution is 2.59. The number of ether oxygens (including phenoxy) is 1. The van der Waals surface area contributed by atoms with Crippen LogP contribution in [0.25, 0.3) is 0 Å². The molecule has 1 amide bonds. The van der Waals surface area contributed by atoms with E-state index in [0.717, 1.165) is 51.1 Å². The summed E-state index contributed by atoms with van der Waals surface area (Å²) in [7, 11) is 1.68. The van der Waals surface area contributed by atoms with E-state index in [0.29, 0.717) is 12.5 Å². The topological polar surface area (TPSA) is 41.6 Å². The molecule has 1 spiro atoms. The summed E-state index contributed by atoms with van der Waals surface area (Å²) in [6.45, 7) is 3.55. The first-order valence-corrected chi connectivity index (χ1v) is 10.4. The molecule has 1 heterocycles. The summed E-state index contributed by atoms with van der Waals surface area (Å²) < 4.78 is 5.25. The maximum absolute atomic E-state index is 13.4. The molecule has 2 aromatic carbocycles. The maximum atomic E-state index is 13.4. The normalized spacial score (nSPS) is 20.0. The van der Waals surface area contributed by atoms with Crippen LogP contribution in [0, 0.1) is 11.3 Å². The lowest BCUT2D eigenvalue weighted by Crippen LogP contribution is -2.37. The van der Waals surface area contributed by atoms with E-state index in [1.54, 1.807) is 7.11 Å². The average Bonchev–Trinajstić information content (AvgIpc) is 3.44. The van der Waals surface area contributed by atoms with Crippen molar-refractivity contribution in [1.29, 1.82) is 0 Å². The number of carbonyl (C=O) groups is 1. The molecule has 1 saturated carbocycles. The Morgan fingerprint density at radius 1 is 1.07 bits per heavy atom. The van der Waals surface area contributed by atoms with Gasteiger partial charge in [-0.1, -0.05) is 42.5 Å². The number of amides is 1. The van der Waals surface area contributed by atoms with Gasteiger partial charge in [-0.3, -0.25) is 4.79 Å². The molecule has 4 rings (SSSR count). The van der Waals surface area contributed by atoms with Crippen LogP contribution in [0.5, 0.6) is 5.75 Å². The average molecular weight is 379 g/mol. The largest absolute Gasteiger partial charge is 0.497 e. The second kappa shape index (κ2) is 8.36. The fourth-order valence-corrected chi connectivity index (χ4v) is 4.52. The van der Waals surface area contributed by atoms with Crippen LogP contribution in [-0.4, -0.2) is 37.6 Å². The third-order valence-electron chi connectivity index (χ3n) is 6.44. The summed E-state index contributed by atoms with van der Waals surface area (Å²) in [5.74, 6) is 1.43. The van der Waals surface area contributed by atoms with Crippen LogP contribution in [0.3, 0.4) is 0 Å². The zero-order chi connectivity index (χ0) is 19.4. The van der Waals surface area contributed by atoms with Crippen molar-refractivity contribution in [2.45, 2.75) is 32.2 Å². The summed E-state index contributed by atoms with van der Waals surface area (Å²) in [4.78, 5) is 15.5. The number of piperidine rings is 1. The number of benzene rings is 2. The van der Waals surface area contributed by atoms with Gasteiger partial charge in [0.1, 0.15) is 5.75 Å². The van der Waals surface area contributed by atoms with Gasteiger partial charge in [-0.05, 0) is 67.4 Å². The molecule has 1 unspecified atom stereocenters. The first-order chi connectivity index (χ1) is 13.7. The molecular formula is C24H30N2O2. The van der Waals surface area contributed by atoms with Crippen LogP contribution in [0.15, 0.2) is 54.6 Å². The molecule has 2 fully saturated rings.